The van der Waals surface area contributed by atoms with E-state index in [0.29, 0.717) is 21.3 Å². The Hall–Kier alpha value is -3.58. The van der Waals surface area contributed by atoms with Crippen molar-refractivity contribution in [3.63, 3.8) is 0 Å². The van der Waals surface area contributed by atoms with Crippen molar-refractivity contribution in [1.82, 2.24) is 9.47 Å². The predicted molar refractivity (Wildman–Crippen MR) is 138 cm³/mol. The molecule has 2 aromatic carbocycles. The Labute approximate surface area is 203 Å². The van der Waals surface area contributed by atoms with Crippen LogP contribution in [0.25, 0.3) is 11.8 Å². The van der Waals surface area contributed by atoms with Crippen LogP contribution >= 0.6 is 11.8 Å². The van der Waals surface area contributed by atoms with Gasteiger partial charge in [0.1, 0.15) is 0 Å². The highest BCUT2D eigenvalue weighted by Crippen LogP contribution is 2.36. The summed E-state index contributed by atoms with van der Waals surface area (Å²) in [7, 11) is 1.69. The number of amides is 1. The molecule has 0 spiro atoms. The van der Waals surface area contributed by atoms with Gasteiger partial charge in [-0.25, -0.2) is 9.79 Å². The fourth-order valence-electron chi connectivity index (χ4n) is 4.31. The number of hydrogen-bond acceptors (Lipinski definition) is 4. The van der Waals surface area contributed by atoms with Crippen LogP contribution in [0.5, 0.6) is 0 Å². The first-order valence-electron chi connectivity index (χ1n) is 10.9. The summed E-state index contributed by atoms with van der Waals surface area (Å²) in [5.41, 5.74) is 8.01. The highest BCUT2D eigenvalue weighted by Gasteiger charge is 2.31. The van der Waals surface area contributed by atoms with E-state index in [1.807, 2.05) is 6.08 Å². The number of aryl methyl sites for hydroxylation is 3. The van der Waals surface area contributed by atoms with Crippen LogP contribution in [0.3, 0.4) is 0 Å². The molecular weight excluding hydrogens is 446 g/mol. The Morgan fingerprint density at radius 3 is 2.32 bits per heavy atom. The molecule has 34 heavy (non-hydrogen) atoms. The van der Waals surface area contributed by atoms with Crippen LogP contribution < -0.4 is 0 Å². The summed E-state index contributed by atoms with van der Waals surface area (Å²) in [5.74, 6) is -1.13. The number of hydrogen-bond donors (Lipinski definition) is 1. The number of amidine groups is 1. The lowest BCUT2D eigenvalue weighted by molar-refractivity contribution is -0.121. The zero-order valence-electron chi connectivity index (χ0n) is 20.1. The highest BCUT2D eigenvalue weighted by molar-refractivity contribution is 8.18. The van der Waals surface area contributed by atoms with E-state index >= 15 is 0 Å². The van der Waals surface area contributed by atoms with Crippen LogP contribution in [0.4, 0.5) is 5.69 Å². The molecule has 174 valence electrons. The number of carbonyl (C=O) groups excluding carboxylic acids is 1. The summed E-state index contributed by atoms with van der Waals surface area (Å²) in [5, 5.41) is 9.91. The average Bonchev–Trinajstić information content (AvgIpc) is 3.20. The quantitative estimate of drug-likeness (QED) is 0.475. The number of nitrogens with zero attached hydrogens (tertiary/aromatic N) is 3. The lowest BCUT2D eigenvalue weighted by atomic mass is 10.1. The molecule has 0 bridgehead atoms. The molecule has 7 heteroatoms. The van der Waals surface area contributed by atoms with Gasteiger partial charge in [-0.2, -0.15) is 0 Å². The number of carboxylic acids is 1. The fraction of sp³-hybridized carbons (Fsp3) is 0.222. The zero-order chi connectivity index (χ0) is 24.7. The maximum absolute atomic E-state index is 13.0. The molecule has 1 amide bonds. The molecule has 3 aromatic rings. The van der Waals surface area contributed by atoms with Gasteiger partial charge in [-0.1, -0.05) is 24.3 Å². The molecule has 0 saturated carbocycles. The lowest BCUT2D eigenvalue weighted by Gasteiger charge is -2.15. The number of thioether (sulfide) groups is 1. The topological polar surface area (TPSA) is 74.9 Å². The SMILES string of the molecule is Cc1cccc(C)c1-n1c(C)cc(/C=C2\SC(=Nc3cccc(C(=O)O)c3C)N(C)C2=O)c1C. The van der Waals surface area contributed by atoms with Gasteiger partial charge in [-0.3, -0.25) is 9.69 Å². The van der Waals surface area contributed by atoms with Crippen LogP contribution in [0, 0.1) is 34.6 Å². The van der Waals surface area contributed by atoms with E-state index in [1.54, 1.807) is 32.2 Å². The Balaban J connectivity index is 1.73. The smallest absolute Gasteiger partial charge is 0.336 e. The van der Waals surface area contributed by atoms with Gasteiger partial charge in [-0.05, 0) is 92.9 Å². The summed E-state index contributed by atoms with van der Waals surface area (Å²) in [6.45, 7) is 10.1. The summed E-state index contributed by atoms with van der Waals surface area (Å²) in [6, 6.07) is 13.3. The van der Waals surface area contributed by atoms with Crippen LogP contribution in [-0.2, 0) is 4.79 Å². The third-order valence-corrected chi connectivity index (χ3v) is 7.24. The van der Waals surface area contributed by atoms with Gasteiger partial charge in [0.15, 0.2) is 5.17 Å². The van der Waals surface area contributed by atoms with Gasteiger partial charge in [0.2, 0.25) is 0 Å². The summed E-state index contributed by atoms with van der Waals surface area (Å²) >= 11 is 1.30. The number of carboxylic acid groups (broad SMARTS) is 1. The number of para-hydroxylation sites is 1. The van der Waals surface area contributed by atoms with Crippen molar-refractivity contribution in [3.8, 4) is 5.69 Å². The third kappa shape index (κ3) is 4.07. The first-order valence-corrected chi connectivity index (χ1v) is 11.8. The second kappa shape index (κ2) is 8.99. The molecule has 1 aliphatic rings. The van der Waals surface area contributed by atoms with Crippen molar-refractivity contribution in [1.29, 1.82) is 0 Å². The maximum Gasteiger partial charge on any atom is 0.336 e. The number of aromatic carboxylic acids is 1. The second-order valence-corrected chi connectivity index (χ2v) is 9.54. The molecule has 1 saturated heterocycles. The van der Waals surface area contributed by atoms with E-state index in [1.165, 1.54) is 33.5 Å². The van der Waals surface area contributed by atoms with Crippen LogP contribution in [0.2, 0.25) is 0 Å². The number of rotatable bonds is 4. The van der Waals surface area contributed by atoms with Crippen LogP contribution in [-0.4, -0.2) is 38.7 Å². The highest BCUT2D eigenvalue weighted by atomic mass is 32.2. The molecule has 0 radical (unpaired) electrons. The number of carbonyl (C=O) groups is 2. The van der Waals surface area contributed by atoms with Crippen LogP contribution in [0.1, 0.15) is 44.0 Å². The van der Waals surface area contributed by atoms with Crippen molar-refractivity contribution in [2.45, 2.75) is 34.6 Å². The van der Waals surface area contributed by atoms with Gasteiger partial charge in [0.25, 0.3) is 5.91 Å². The maximum atomic E-state index is 13.0. The van der Waals surface area contributed by atoms with Gasteiger partial charge >= 0.3 is 5.97 Å². The fourth-order valence-corrected chi connectivity index (χ4v) is 5.28. The standard InChI is InChI=1S/C27H27N3O3S/c1-15-9-7-10-16(2)24(15)30-17(3)13-20(19(30)5)14-23-25(31)29(6)27(34-23)28-22-12-8-11-21(18(22)4)26(32)33/h7-14H,1-6H3,(H,32,33)/b23-14-,28-27?. The Bertz CT molecular complexity index is 1380. The second-order valence-electron chi connectivity index (χ2n) is 8.53. The van der Waals surface area contributed by atoms with E-state index in [-0.39, 0.29) is 11.5 Å². The Kier molecular flexibility index (Phi) is 6.23. The van der Waals surface area contributed by atoms with Crippen molar-refractivity contribution in [2.24, 2.45) is 4.99 Å². The molecule has 1 N–H and O–H groups in total. The van der Waals surface area contributed by atoms with Gasteiger partial charge in [0, 0.05) is 18.4 Å². The van der Waals surface area contributed by atoms with E-state index in [0.717, 1.165) is 17.0 Å². The minimum atomic E-state index is -0.997. The third-order valence-electron chi connectivity index (χ3n) is 6.18. The largest absolute Gasteiger partial charge is 0.478 e. The zero-order valence-corrected chi connectivity index (χ0v) is 20.9. The van der Waals surface area contributed by atoms with Crippen molar-refractivity contribution in [3.05, 3.63) is 86.6 Å². The van der Waals surface area contributed by atoms with Crippen LogP contribution in [0.15, 0.2) is 52.4 Å². The normalized spacial score (nSPS) is 16.2. The Morgan fingerprint density at radius 2 is 1.68 bits per heavy atom. The number of aliphatic imine (C=N–C) groups is 1. The molecule has 1 fully saturated rings. The monoisotopic (exact) mass is 473 g/mol. The molecule has 0 aliphatic carbocycles. The van der Waals surface area contributed by atoms with E-state index in [4.69, 9.17) is 0 Å². The van der Waals surface area contributed by atoms with E-state index < -0.39 is 5.97 Å². The summed E-state index contributed by atoms with van der Waals surface area (Å²) in [4.78, 5) is 31.2. The van der Waals surface area contributed by atoms with Gasteiger partial charge < -0.3 is 9.67 Å². The summed E-state index contributed by atoms with van der Waals surface area (Å²) in [6.07, 6.45) is 1.92. The predicted octanol–water partition coefficient (Wildman–Crippen LogP) is 5.95. The number of aromatic nitrogens is 1. The van der Waals surface area contributed by atoms with Gasteiger partial charge in [0.05, 0.1) is 21.8 Å². The van der Waals surface area contributed by atoms with Gasteiger partial charge in [-0.15, -0.1) is 0 Å². The summed E-state index contributed by atoms with van der Waals surface area (Å²) < 4.78 is 2.24. The van der Waals surface area contributed by atoms with Crippen molar-refractivity contribution >= 4 is 40.6 Å². The lowest BCUT2D eigenvalue weighted by Crippen LogP contribution is -2.23. The van der Waals surface area contributed by atoms with E-state index in [2.05, 4.69) is 61.5 Å². The minimum absolute atomic E-state index is 0.132. The molecule has 4 rings (SSSR count). The first-order chi connectivity index (χ1) is 16.1. The molecular formula is C27H27N3O3S. The average molecular weight is 474 g/mol. The molecule has 2 heterocycles. The number of likely N-dealkylation sites (N-methyl/N-ethyl adjacent to an activating group) is 1. The number of benzene rings is 2. The van der Waals surface area contributed by atoms with E-state index in [9.17, 15) is 14.7 Å². The molecule has 0 atom stereocenters. The van der Waals surface area contributed by atoms with Crippen molar-refractivity contribution < 1.29 is 14.7 Å². The first kappa shape index (κ1) is 23.6. The molecule has 1 aromatic heterocycles. The van der Waals surface area contributed by atoms with Crippen molar-refractivity contribution in [2.75, 3.05) is 7.05 Å². The minimum Gasteiger partial charge on any atom is -0.478 e. The molecule has 1 aliphatic heterocycles. The molecule has 6 nitrogen and oxygen atoms in total. The Morgan fingerprint density at radius 1 is 1.03 bits per heavy atom. The molecule has 0 unspecified atom stereocenters.